The van der Waals surface area contributed by atoms with Gasteiger partial charge in [-0.1, -0.05) is 24.3 Å². The van der Waals surface area contributed by atoms with Crippen molar-refractivity contribution in [3.63, 3.8) is 0 Å². The number of benzene rings is 2. The number of nitrogens with one attached hydrogen (secondary N) is 3. The minimum absolute atomic E-state index is 0.195. The van der Waals surface area contributed by atoms with Gasteiger partial charge in [0.2, 0.25) is 0 Å². The van der Waals surface area contributed by atoms with Crippen molar-refractivity contribution < 1.29 is 22.7 Å². The molecule has 1 heterocycles. The molecule has 162 valence electrons. The standard InChI is InChI=1S/C21H21N3O5S2/c1-14-5-3-6-15(2)20(14)29-13-18(25)22-23-21(26)16-8-10-17(11-9-16)24-31(27,28)19-7-4-12-30-19/h3-12,24H,13H2,1-2H3,(H,22,25)(H,23,26). The number of thiophene rings is 1. The molecule has 0 saturated carbocycles. The maximum atomic E-state index is 12.2. The molecule has 0 radical (unpaired) electrons. The lowest BCUT2D eigenvalue weighted by Crippen LogP contribution is -2.43. The van der Waals surface area contributed by atoms with Crippen LogP contribution in [0.4, 0.5) is 5.69 Å². The lowest BCUT2D eigenvalue weighted by molar-refractivity contribution is -0.123. The SMILES string of the molecule is Cc1cccc(C)c1OCC(=O)NNC(=O)c1ccc(NS(=O)(=O)c2cccs2)cc1. The van der Waals surface area contributed by atoms with Crippen LogP contribution >= 0.6 is 11.3 Å². The van der Waals surface area contributed by atoms with Gasteiger partial charge in [-0.15, -0.1) is 11.3 Å². The molecule has 3 rings (SSSR count). The number of carbonyl (C=O) groups excluding carboxylic acids is 2. The third-order valence-corrected chi connectivity index (χ3v) is 7.01. The fourth-order valence-electron chi connectivity index (χ4n) is 2.71. The van der Waals surface area contributed by atoms with Gasteiger partial charge in [0.1, 0.15) is 9.96 Å². The molecule has 0 fully saturated rings. The number of hydrogen-bond donors (Lipinski definition) is 3. The molecule has 31 heavy (non-hydrogen) atoms. The lowest BCUT2D eigenvalue weighted by atomic mass is 10.1. The molecule has 0 bridgehead atoms. The van der Waals surface area contributed by atoms with E-state index in [4.69, 9.17) is 4.74 Å². The summed E-state index contributed by atoms with van der Waals surface area (Å²) in [5.74, 6) is -0.436. The van der Waals surface area contributed by atoms with Crippen molar-refractivity contribution in [3.8, 4) is 5.75 Å². The highest BCUT2D eigenvalue weighted by atomic mass is 32.2. The Balaban J connectivity index is 1.51. The van der Waals surface area contributed by atoms with Gasteiger partial charge >= 0.3 is 0 Å². The normalized spacial score (nSPS) is 10.9. The summed E-state index contributed by atoms with van der Waals surface area (Å²) in [6.45, 7) is 3.51. The lowest BCUT2D eigenvalue weighted by Gasteiger charge is -2.12. The van der Waals surface area contributed by atoms with E-state index in [0.29, 0.717) is 11.4 Å². The van der Waals surface area contributed by atoms with E-state index in [1.165, 1.54) is 30.3 Å². The van der Waals surface area contributed by atoms with Gasteiger partial charge in [-0.25, -0.2) is 8.42 Å². The molecule has 8 nitrogen and oxygen atoms in total. The van der Waals surface area contributed by atoms with Gasteiger partial charge in [0.15, 0.2) is 6.61 Å². The third kappa shape index (κ3) is 5.83. The number of anilines is 1. The summed E-state index contributed by atoms with van der Waals surface area (Å²) in [5.41, 5.74) is 6.97. The average Bonchev–Trinajstić information content (AvgIpc) is 3.28. The summed E-state index contributed by atoms with van der Waals surface area (Å²) >= 11 is 1.11. The van der Waals surface area contributed by atoms with Gasteiger partial charge in [-0.2, -0.15) is 0 Å². The van der Waals surface area contributed by atoms with Crippen LogP contribution < -0.4 is 20.3 Å². The van der Waals surface area contributed by atoms with E-state index in [2.05, 4.69) is 15.6 Å². The molecule has 2 amide bonds. The monoisotopic (exact) mass is 459 g/mol. The number of para-hydroxylation sites is 1. The van der Waals surface area contributed by atoms with E-state index in [1.54, 1.807) is 11.4 Å². The number of amides is 2. The summed E-state index contributed by atoms with van der Waals surface area (Å²) in [6.07, 6.45) is 0. The molecular formula is C21H21N3O5S2. The van der Waals surface area contributed by atoms with Crippen molar-refractivity contribution in [3.05, 3.63) is 76.7 Å². The Labute approximate surface area is 184 Å². The molecule has 0 aliphatic carbocycles. The van der Waals surface area contributed by atoms with Gasteiger partial charge < -0.3 is 4.74 Å². The quantitative estimate of drug-likeness (QED) is 0.470. The first-order valence-electron chi connectivity index (χ1n) is 9.21. The van der Waals surface area contributed by atoms with Gasteiger partial charge in [0, 0.05) is 11.3 Å². The molecule has 0 unspecified atom stereocenters. The maximum absolute atomic E-state index is 12.2. The summed E-state index contributed by atoms with van der Waals surface area (Å²) < 4.78 is 32.6. The summed E-state index contributed by atoms with van der Waals surface area (Å²) in [7, 11) is -3.66. The minimum atomic E-state index is -3.66. The van der Waals surface area contributed by atoms with Crippen molar-refractivity contribution >= 4 is 38.9 Å². The fourth-order valence-corrected chi connectivity index (χ4v) is 4.76. The predicted octanol–water partition coefficient (Wildman–Crippen LogP) is 3.01. The number of rotatable bonds is 7. The first kappa shape index (κ1) is 22.3. The topological polar surface area (TPSA) is 114 Å². The molecule has 10 heteroatoms. The van der Waals surface area contributed by atoms with Crippen LogP contribution in [0.25, 0.3) is 0 Å². The van der Waals surface area contributed by atoms with Crippen LogP contribution in [0.5, 0.6) is 5.75 Å². The summed E-state index contributed by atoms with van der Waals surface area (Å²) in [5, 5.41) is 1.67. The molecule has 1 aromatic heterocycles. The second-order valence-corrected chi connectivity index (χ2v) is 9.48. The molecule has 0 atom stereocenters. The highest BCUT2D eigenvalue weighted by molar-refractivity contribution is 7.94. The van der Waals surface area contributed by atoms with Crippen molar-refractivity contribution in [1.82, 2.24) is 10.9 Å². The Hall–Kier alpha value is -3.37. The van der Waals surface area contributed by atoms with E-state index in [0.717, 1.165) is 22.5 Å². The molecule has 2 aromatic carbocycles. The van der Waals surface area contributed by atoms with Gasteiger partial charge in [-0.05, 0) is 60.7 Å². The Morgan fingerprint density at radius 1 is 0.935 bits per heavy atom. The molecule has 0 saturated heterocycles. The zero-order chi connectivity index (χ0) is 22.4. The Bertz CT molecular complexity index is 1150. The highest BCUT2D eigenvalue weighted by Crippen LogP contribution is 2.22. The Morgan fingerprint density at radius 3 is 2.23 bits per heavy atom. The van der Waals surface area contributed by atoms with Crippen LogP contribution in [0, 0.1) is 13.8 Å². The van der Waals surface area contributed by atoms with Crippen molar-refractivity contribution in [2.75, 3.05) is 11.3 Å². The molecule has 3 aromatic rings. The zero-order valence-electron chi connectivity index (χ0n) is 16.8. The van der Waals surface area contributed by atoms with Gasteiger partial charge in [-0.3, -0.25) is 25.2 Å². The van der Waals surface area contributed by atoms with Gasteiger partial charge in [0.05, 0.1) is 0 Å². The second-order valence-electron chi connectivity index (χ2n) is 6.63. The molecule has 0 aliphatic heterocycles. The number of hydrogen-bond acceptors (Lipinski definition) is 6. The van der Waals surface area contributed by atoms with E-state index >= 15 is 0 Å². The van der Waals surface area contributed by atoms with E-state index < -0.39 is 21.8 Å². The Morgan fingerprint density at radius 2 is 1.61 bits per heavy atom. The van der Waals surface area contributed by atoms with Crippen LogP contribution in [0.2, 0.25) is 0 Å². The first-order valence-corrected chi connectivity index (χ1v) is 11.6. The van der Waals surface area contributed by atoms with Crippen LogP contribution in [0.1, 0.15) is 21.5 Å². The van der Waals surface area contributed by atoms with E-state index in [9.17, 15) is 18.0 Å². The number of carbonyl (C=O) groups is 2. The zero-order valence-corrected chi connectivity index (χ0v) is 18.5. The van der Waals surface area contributed by atoms with Crippen LogP contribution in [-0.4, -0.2) is 26.8 Å². The summed E-state index contributed by atoms with van der Waals surface area (Å²) in [6, 6.07) is 14.6. The maximum Gasteiger partial charge on any atom is 0.276 e. The number of ether oxygens (including phenoxy) is 1. The molecular weight excluding hydrogens is 438 g/mol. The summed E-state index contributed by atoms with van der Waals surface area (Å²) in [4.78, 5) is 24.2. The average molecular weight is 460 g/mol. The van der Waals surface area contributed by atoms with Crippen LogP contribution in [0.15, 0.2) is 64.2 Å². The van der Waals surface area contributed by atoms with E-state index in [-0.39, 0.29) is 16.4 Å². The van der Waals surface area contributed by atoms with Crippen LogP contribution in [-0.2, 0) is 14.8 Å². The smallest absolute Gasteiger partial charge is 0.276 e. The molecule has 0 spiro atoms. The van der Waals surface area contributed by atoms with Crippen molar-refractivity contribution in [2.24, 2.45) is 0 Å². The third-order valence-electron chi connectivity index (χ3n) is 4.23. The van der Waals surface area contributed by atoms with E-state index in [1.807, 2.05) is 32.0 Å². The highest BCUT2D eigenvalue weighted by Gasteiger charge is 2.15. The predicted molar refractivity (Wildman–Crippen MR) is 119 cm³/mol. The van der Waals surface area contributed by atoms with Crippen molar-refractivity contribution in [1.29, 1.82) is 0 Å². The first-order chi connectivity index (χ1) is 14.8. The molecule has 0 aliphatic rings. The largest absolute Gasteiger partial charge is 0.483 e. The Kier molecular flexibility index (Phi) is 6.93. The minimum Gasteiger partial charge on any atom is -0.483 e. The van der Waals surface area contributed by atoms with Crippen LogP contribution in [0.3, 0.4) is 0 Å². The number of aryl methyl sites for hydroxylation is 2. The number of sulfonamides is 1. The fraction of sp³-hybridized carbons (Fsp3) is 0.143. The van der Waals surface area contributed by atoms with Crippen molar-refractivity contribution in [2.45, 2.75) is 18.1 Å². The second kappa shape index (κ2) is 9.63. The number of hydrazine groups is 1. The molecule has 3 N–H and O–H groups in total. The van der Waals surface area contributed by atoms with Gasteiger partial charge in [0.25, 0.3) is 21.8 Å².